The van der Waals surface area contributed by atoms with Crippen molar-refractivity contribution in [3.8, 4) is 10.8 Å². The lowest BCUT2D eigenvalue weighted by molar-refractivity contribution is -0.131. The first-order valence-electron chi connectivity index (χ1n) is 7.93. The third-order valence-electron chi connectivity index (χ3n) is 4.01. The summed E-state index contributed by atoms with van der Waals surface area (Å²) in [7, 11) is 0. The smallest absolute Gasteiger partial charge is 0.229 e. The zero-order chi connectivity index (χ0) is 16.4. The first-order valence-corrected chi connectivity index (χ1v) is 8.81. The van der Waals surface area contributed by atoms with E-state index in [1.54, 1.807) is 0 Å². The Labute approximate surface area is 143 Å². The van der Waals surface area contributed by atoms with E-state index in [-0.39, 0.29) is 5.91 Å². The van der Waals surface area contributed by atoms with Crippen molar-refractivity contribution in [3.05, 3.63) is 53.3 Å². The van der Waals surface area contributed by atoms with Crippen molar-refractivity contribution in [2.45, 2.75) is 31.8 Å². The Bertz CT molecular complexity index is 811. The summed E-state index contributed by atoms with van der Waals surface area (Å²) in [5.41, 5.74) is 1.95. The molecule has 122 valence electrons. The average Bonchev–Trinajstić information content (AvgIpc) is 3.09. The van der Waals surface area contributed by atoms with Crippen molar-refractivity contribution in [1.82, 2.24) is 25.1 Å². The molecule has 4 rings (SSSR count). The molecule has 6 nitrogen and oxygen atoms in total. The van der Waals surface area contributed by atoms with Crippen molar-refractivity contribution < 1.29 is 4.79 Å². The number of hydrogen-bond donors (Lipinski definition) is 1. The molecule has 0 spiro atoms. The lowest BCUT2D eigenvalue weighted by Crippen LogP contribution is -2.33. The molecule has 2 aromatic heterocycles. The van der Waals surface area contributed by atoms with E-state index in [1.165, 1.54) is 23.2 Å². The van der Waals surface area contributed by atoms with Gasteiger partial charge in [-0.05, 0) is 18.4 Å². The fourth-order valence-corrected chi connectivity index (χ4v) is 3.41. The number of carbonyl (C=O) groups is 1. The Kier molecular flexibility index (Phi) is 4.08. The Morgan fingerprint density at radius 1 is 1.29 bits per heavy atom. The number of aromatic nitrogens is 4. The monoisotopic (exact) mass is 339 g/mol. The highest BCUT2D eigenvalue weighted by molar-refractivity contribution is 7.13. The summed E-state index contributed by atoms with van der Waals surface area (Å²) in [4.78, 5) is 23.3. The fraction of sp³-hybridized carbons (Fsp3) is 0.294. The van der Waals surface area contributed by atoms with Gasteiger partial charge in [-0.3, -0.25) is 9.89 Å². The lowest BCUT2D eigenvalue weighted by Gasteiger charge is -2.22. The SMILES string of the molecule is O=C(Cc1csc(-c2ncn[nH]2)n1)N(Cc1ccccc1)C1CC1. The summed E-state index contributed by atoms with van der Waals surface area (Å²) < 4.78 is 0. The van der Waals surface area contributed by atoms with Crippen molar-refractivity contribution in [3.63, 3.8) is 0 Å². The molecule has 1 aromatic carbocycles. The minimum atomic E-state index is 0.135. The van der Waals surface area contributed by atoms with Gasteiger partial charge in [0.2, 0.25) is 5.91 Å². The molecule has 0 atom stereocenters. The van der Waals surface area contributed by atoms with E-state index in [9.17, 15) is 4.79 Å². The number of carbonyl (C=O) groups excluding carboxylic acids is 1. The Morgan fingerprint density at radius 3 is 2.83 bits per heavy atom. The van der Waals surface area contributed by atoms with Crippen molar-refractivity contribution >= 4 is 17.2 Å². The number of thiazole rings is 1. The zero-order valence-electron chi connectivity index (χ0n) is 13.1. The standard InChI is InChI=1S/C17H17N5OS/c23-15(8-13-10-24-17(20-13)16-18-11-19-21-16)22(14-6-7-14)9-12-4-2-1-3-5-12/h1-5,10-11,14H,6-9H2,(H,18,19,21). The molecule has 24 heavy (non-hydrogen) atoms. The maximum absolute atomic E-state index is 12.7. The van der Waals surface area contributed by atoms with Crippen LogP contribution < -0.4 is 0 Å². The highest BCUT2D eigenvalue weighted by atomic mass is 32.1. The second kappa shape index (κ2) is 6.52. The van der Waals surface area contributed by atoms with E-state index in [0.717, 1.165) is 23.5 Å². The number of nitrogens with zero attached hydrogens (tertiary/aromatic N) is 4. The Hall–Kier alpha value is -2.54. The third kappa shape index (κ3) is 3.35. The number of hydrogen-bond acceptors (Lipinski definition) is 5. The van der Waals surface area contributed by atoms with E-state index in [1.807, 2.05) is 28.5 Å². The molecule has 0 aliphatic heterocycles. The first-order chi connectivity index (χ1) is 11.8. The van der Waals surface area contributed by atoms with Crippen LogP contribution >= 0.6 is 11.3 Å². The van der Waals surface area contributed by atoms with E-state index in [4.69, 9.17) is 0 Å². The molecule has 1 N–H and O–H groups in total. The van der Waals surface area contributed by atoms with Crippen LogP contribution in [0.25, 0.3) is 10.8 Å². The second-order valence-electron chi connectivity index (χ2n) is 5.89. The van der Waals surface area contributed by atoms with Crippen LogP contribution in [0.3, 0.4) is 0 Å². The van der Waals surface area contributed by atoms with Gasteiger partial charge in [-0.15, -0.1) is 11.3 Å². The number of nitrogens with one attached hydrogen (secondary N) is 1. The maximum Gasteiger partial charge on any atom is 0.229 e. The molecular formula is C17H17N5OS. The van der Waals surface area contributed by atoms with Gasteiger partial charge in [0.1, 0.15) is 6.33 Å². The summed E-state index contributed by atoms with van der Waals surface area (Å²) in [6.45, 7) is 0.670. The van der Waals surface area contributed by atoms with E-state index >= 15 is 0 Å². The molecule has 2 heterocycles. The lowest BCUT2D eigenvalue weighted by atomic mass is 10.2. The number of aromatic amines is 1. The summed E-state index contributed by atoms with van der Waals surface area (Å²) >= 11 is 1.47. The molecule has 1 aliphatic carbocycles. The highest BCUT2D eigenvalue weighted by Crippen LogP contribution is 2.29. The van der Waals surface area contributed by atoms with Crippen LogP contribution in [0.15, 0.2) is 42.0 Å². The number of rotatable bonds is 6. The van der Waals surface area contributed by atoms with Crippen molar-refractivity contribution in [2.75, 3.05) is 0 Å². The minimum absolute atomic E-state index is 0.135. The molecule has 1 amide bonds. The normalized spacial score (nSPS) is 13.8. The van der Waals surface area contributed by atoms with Crippen LogP contribution in [0.1, 0.15) is 24.1 Å². The molecular weight excluding hydrogens is 322 g/mol. The molecule has 3 aromatic rings. The van der Waals surface area contributed by atoms with Gasteiger partial charge >= 0.3 is 0 Å². The minimum Gasteiger partial charge on any atom is -0.335 e. The topological polar surface area (TPSA) is 74.8 Å². The Balaban J connectivity index is 1.45. The zero-order valence-corrected chi connectivity index (χ0v) is 13.9. The molecule has 7 heteroatoms. The van der Waals surface area contributed by atoms with Crippen LogP contribution in [-0.2, 0) is 17.8 Å². The maximum atomic E-state index is 12.7. The Morgan fingerprint density at radius 2 is 2.12 bits per heavy atom. The van der Waals surface area contributed by atoms with Gasteiger partial charge in [0.05, 0.1) is 12.1 Å². The van der Waals surface area contributed by atoms with Crippen LogP contribution in [0, 0.1) is 0 Å². The highest BCUT2D eigenvalue weighted by Gasteiger charge is 2.32. The van der Waals surface area contributed by atoms with Gasteiger partial charge in [-0.25, -0.2) is 9.97 Å². The van der Waals surface area contributed by atoms with Gasteiger partial charge in [0, 0.05) is 18.0 Å². The number of amides is 1. The van der Waals surface area contributed by atoms with Crippen LogP contribution in [0.4, 0.5) is 0 Å². The van der Waals surface area contributed by atoms with Crippen LogP contribution in [0.5, 0.6) is 0 Å². The molecule has 0 unspecified atom stereocenters. The molecule has 0 saturated heterocycles. The summed E-state index contributed by atoms with van der Waals surface area (Å²) in [6, 6.07) is 10.5. The van der Waals surface area contributed by atoms with Gasteiger partial charge in [-0.1, -0.05) is 30.3 Å². The largest absolute Gasteiger partial charge is 0.335 e. The summed E-state index contributed by atoms with van der Waals surface area (Å²) in [5, 5.41) is 9.31. The van der Waals surface area contributed by atoms with Gasteiger partial charge in [0.25, 0.3) is 0 Å². The third-order valence-corrected chi connectivity index (χ3v) is 4.90. The fourth-order valence-electron chi connectivity index (χ4n) is 2.65. The molecule has 0 bridgehead atoms. The molecule has 0 radical (unpaired) electrons. The van der Waals surface area contributed by atoms with Gasteiger partial charge < -0.3 is 4.90 Å². The van der Waals surface area contributed by atoms with Gasteiger partial charge in [-0.2, -0.15) is 5.10 Å². The molecule has 1 saturated carbocycles. The average molecular weight is 339 g/mol. The summed E-state index contributed by atoms with van der Waals surface area (Å²) in [5.74, 6) is 0.776. The van der Waals surface area contributed by atoms with Crippen molar-refractivity contribution in [1.29, 1.82) is 0 Å². The predicted octanol–water partition coefficient (Wildman–Crippen LogP) is 2.66. The molecule has 1 fully saturated rings. The van der Waals surface area contributed by atoms with E-state index in [0.29, 0.717) is 24.8 Å². The predicted molar refractivity (Wildman–Crippen MR) is 91.2 cm³/mol. The first kappa shape index (κ1) is 15.0. The number of benzene rings is 1. The second-order valence-corrected chi connectivity index (χ2v) is 6.75. The molecule has 1 aliphatic rings. The quantitative estimate of drug-likeness (QED) is 0.749. The van der Waals surface area contributed by atoms with Crippen molar-refractivity contribution in [2.24, 2.45) is 0 Å². The van der Waals surface area contributed by atoms with Crippen LogP contribution in [-0.4, -0.2) is 37.0 Å². The summed E-state index contributed by atoms with van der Waals surface area (Å²) in [6.07, 6.45) is 3.97. The number of H-pyrrole nitrogens is 1. The van der Waals surface area contributed by atoms with Gasteiger partial charge in [0.15, 0.2) is 10.8 Å². The van der Waals surface area contributed by atoms with E-state index in [2.05, 4.69) is 32.3 Å². The van der Waals surface area contributed by atoms with Crippen LogP contribution in [0.2, 0.25) is 0 Å². The van der Waals surface area contributed by atoms with E-state index < -0.39 is 0 Å².